The lowest BCUT2D eigenvalue weighted by molar-refractivity contribution is 0.0222. The van der Waals surface area contributed by atoms with E-state index in [4.69, 9.17) is 9.47 Å². The third-order valence-electron chi connectivity index (χ3n) is 3.18. The van der Waals surface area contributed by atoms with Gasteiger partial charge in [-0.3, -0.25) is 0 Å². The van der Waals surface area contributed by atoms with Gasteiger partial charge < -0.3 is 14.4 Å². The minimum Gasteiger partial charge on any atom is -0.496 e. The van der Waals surface area contributed by atoms with Crippen LogP contribution in [-0.4, -0.2) is 30.2 Å². The summed E-state index contributed by atoms with van der Waals surface area (Å²) in [5, 5.41) is 0. The van der Waals surface area contributed by atoms with Crippen molar-refractivity contribution in [1.82, 2.24) is 4.90 Å². The molecule has 1 aromatic carbocycles. The summed E-state index contributed by atoms with van der Waals surface area (Å²) in [4.78, 5) is 13.9. The van der Waals surface area contributed by atoms with Crippen molar-refractivity contribution in [2.24, 2.45) is 0 Å². The van der Waals surface area contributed by atoms with E-state index in [0.29, 0.717) is 13.1 Å². The number of carbonyl (C=O) groups excluding carboxylic acids is 1. The Labute approximate surface area is 128 Å². The Morgan fingerprint density at radius 2 is 2.00 bits per heavy atom. The van der Waals surface area contributed by atoms with Gasteiger partial charge in [-0.1, -0.05) is 15.9 Å². The molecule has 1 aromatic rings. The summed E-state index contributed by atoms with van der Waals surface area (Å²) in [5.74, 6) is 0.816. The molecule has 0 fully saturated rings. The predicted octanol–water partition coefficient (Wildman–Crippen LogP) is 3.75. The summed E-state index contributed by atoms with van der Waals surface area (Å²) in [6, 6.07) is 3.91. The molecule has 0 aliphatic carbocycles. The molecule has 0 aromatic heterocycles. The largest absolute Gasteiger partial charge is 0.496 e. The third-order valence-corrected chi connectivity index (χ3v) is 3.93. The van der Waals surface area contributed by atoms with Gasteiger partial charge in [-0.05, 0) is 44.9 Å². The van der Waals surface area contributed by atoms with Crippen LogP contribution in [0.4, 0.5) is 4.79 Å². The zero-order chi connectivity index (χ0) is 14.9. The SMILES string of the molecule is COc1ccc(Br)c2c1CN(C(=O)OC(C)(C)C)CC2. The maximum Gasteiger partial charge on any atom is 0.410 e. The summed E-state index contributed by atoms with van der Waals surface area (Å²) < 4.78 is 11.9. The summed E-state index contributed by atoms with van der Waals surface area (Å²) >= 11 is 3.56. The van der Waals surface area contributed by atoms with E-state index in [1.165, 1.54) is 5.56 Å². The number of ether oxygens (including phenoxy) is 2. The quantitative estimate of drug-likeness (QED) is 0.780. The van der Waals surface area contributed by atoms with Gasteiger partial charge in [0.15, 0.2) is 0 Å². The smallest absolute Gasteiger partial charge is 0.410 e. The van der Waals surface area contributed by atoms with Crippen molar-refractivity contribution in [3.05, 3.63) is 27.7 Å². The lowest BCUT2D eigenvalue weighted by atomic mass is 9.99. The standard InChI is InChI=1S/C15H20BrNO3/c1-15(2,3)20-14(18)17-8-7-10-11(9-17)13(19-4)6-5-12(10)16/h5-6H,7-9H2,1-4H3. The molecular weight excluding hydrogens is 322 g/mol. The van der Waals surface area contributed by atoms with E-state index in [1.54, 1.807) is 12.0 Å². The van der Waals surface area contributed by atoms with Crippen LogP contribution < -0.4 is 4.74 Å². The Bertz CT molecular complexity index is 523. The van der Waals surface area contributed by atoms with E-state index in [0.717, 1.165) is 22.2 Å². The summed E-state index contributed by atoms with van der Waals surface area (Å²) in [7, 11) is 1.65. The topological polar surface area (TPSA) is 38.8 Å². The number of methoxy groups -OCH3 is 1. The van der Waals surface area contributed by atoms with Crippen molar-refractivity contribution in [1.29, 1.82) is 0 Å². The van der Waals surface area contributed by atoms with Crippen LogP contribution in [0.1, 0.15) is 31.9 Å². The fraction of sp³-hybridized carbons (Fsp3) is 0.533. The average Bonchev–Trinajstić information content (AvgIpc) is 2.37. The van der Waals surface area contributed by atoms with E-state index >= 15 is 0 Å². The Hall–Kier alpha value is -1.23. The van der Waals surface area contributed by atoms with Gasteiger partial charge in [0.1, 0.15) is 11.4 Å². The fourth-order valence-corrected chi connectivity index (χ4v) is 2.85. The minimum atomic E-state index is -0.473. The van der Waals surface area contributed by atoms with Gasteiger partial charge >= 0.3 is 6.09 Å². The van der Waals surface area contributed by atoms with Crippen molar-refractivity contribution in [3.63, 3.8) is 0 Å². The lowest BCUT2D eigenvalue weighted by Gasteiger charge is -2.32. The molecule has 0 saturated heterocycles. The molecule has 4 nitrogen and oxygen atoms in total. The Balaban J connectivity index is 2.22. The molecular formula is C15H20BrNO3. The molecule has 0 unspecified atom stereocenters. The fourth-order valence-electron chi connectivity index (χ4n) is 2.28. The number of amides is 1. The summed E-state index contributed by atoms with van der Waals surface area (Å²) in [6.07, 6.45) is 0.525. The molecule has 0 saturated carbocycles. The maximum absolute atomic E-state index is 12.2. The number of benzene rings is 1. The van der Waals surface area contributed by atoms with Gasteiger partial charge in [-0.25, -0.2) is 4.79 Å². The van der Waals surface area contributed by atoms with Crippen molar-refractivity contribution in [3.8, 4) is 5.75 Å². The van der Waals surface area contributed by atoms with Gasteiger partial charge in [0, 0.05) is 16.6 Å². The first-order valence-corrected chi connectivity index (χ1v) is 7.43. The number of fused-ring (bicyclic) bond motifs is 1. The zero-order valence-corrected chi connectivity index (χ0v) is 13.9. The first kappa shape index (κ1) is 15.2. The maximum atomic E-state index is 12.2. The highest BCUT2D eigenvalue weighted by Gasteiger charge is 2.28. The molecule has 2 rings (SSSR count). The second-order valence-electron chi connectivity index (χ2n) is 5.86. The normalized spacial score (nSPS) is 14.8. The van der Waals surface area contributed by atoms with Gasteiger partial charge in [0.25, 0.3) is 0 Å². The molecule has 0 atom stereocenters. The van der Waals surface area contributed by atoms with Crippen molar-refractivity contribution >= 4 is 22.0 Å². The van der Waals surface area contributed by atoms with Gasteiger partial charge in [-0.2, -0.15) is 0 Å². The summed E-state index contributed by atoms with van der Waals surface area (Å²) in [6.45, 7) is 6.81. The number of halogens is 1. The van der Waals surface area contributed by atoms with E-state index in [2.05, 4.69) is 15.9 Å². The van der Waals surface area contributed by atoms with Crippen molar-refractivity contribution < 1.29 is 14.3 Å². The van der Waals surface area contributed by atoms with Gasteiger partial charge in [-0.15, -0.1) is 0 Å². The van der Waals surface area contributed by atoms with Crippen LogP contribution >= 0.6 is 15.9 Å². The predicted molar refractivity (Wildman–Crippen MR) is 81.0 cm³/mol. The van der Waals surface area contributed by atoms with E-state index in [1.807, 2.05) is 32.9 Å². The summed E-state index contributed by atoms with van der Waals surface area (Å²) in [5.41, 5.74) is 1.79. The molecule has 0 radical (unpaired) electrons. The van der Waals surface area contributed by atoms with E-state index in [9.17, 15) is 4.79 Å². The zero-order valence-electron chi connectivity index (χ0n) is 12.3. The monoisotopic (exact) mass is 341 g/mol. The number of nitrogens with zero attached hydrogens (tertiary/aromatic N) is 1. The van der Waals surface area contributed by atoms with E-state index in [-0.39, 0.29) is 6.09 Å². The third kappa shape index (κ3) is 3.26. The Morgan fingerprint density at radius 1 is 1.30 bits per heavy atom. The van der Waals surface area contributed by atoms with Crippen molar-refractivity contribution in [2.75, 3.05) is 13.7 Å². The molecule has 110 valence electrons. The molecule has 0 N–H and O–H groups in total. The highest BCUT2D eigenvalue weighted by molar-refractivity contribution is 9.10. The first-order valence-electron chi connectivity index (χ1n) is 6.64. The van der Waals surface area contributed by atoms with Gasteiger partial charge in [0.05, 0.1) is 13.7 Å². The molecule has 1 aliphatic heterocycles. The number of hydrogen-bond acceptors (Lipinski definition) is 3. The van der Waals surface area contributed by atoms with Crippen LogP contribution in [0, 0.1) is 0 Å². The molecule has 5 heteroatoms. The molecule has 1 heterocycles. The number of carbonyl (C=O) groups is 1. The van der Waals surface area contributed by atoms with Gasteiger partial charge in [0.2, 0.25) is 0 Å². The van der Waals surface area contributed by atoms with Crippen LogP contribution in [0.3, 0.4) is 0 Å². The second kappa shape index (κ2) is 5.64. The Kier molecular flexibility index (Phi) is 4.28. The second-order valence-corrected chi connectivity index (χ2v) is 6.71. The molecule has 0 bridgehead atoms. The number of hydrogen-bond donors (Lipinski definition) is 0. The molecule has 1 aliphatic rings. The first-order chi connectivity index (χ1) is 9.31. The van der Waals surface area contributed by atoms with Crippen LogP contribution in [0.25, 0.3) is 0 Å². The Morgan fingerprint density at radius 3 is 2.60 bits per heavy atom. The molecule has 1 amide bonds. The molecule has 0 spiro atoms. The van der Waals surface area contributed by atoms with Crippen LogP contribution in [0.5, 0.6) is 5.75 Å². The highest BCUT2D eigenvalue weighted by atomic mass is 79.9. The van der Waals surface area contributed by atoms with Crippen LogP contribution in [0.15, 0.2) is 16.6 Å². The minimum absolute atomic E-state index is 0.273. The number of rotatable bonds is 1. The average molecular weight is 342 g/mol. The van der Waals surface area contributed by atoms with Crippen molar-refractivity contribution in [2.45, 2.75) is 39.3 Å². The lowest BCUT2D eigenvalue weighted by Crippen LogP contribution is -2.40. The molecule has 20 heavy (non-hydrogen) atoms. The van der Waals surface area contributed by atoms with Crippen LogP contribution in [0.2, 0.25) is 0 Å². The van der Waals surface area contributed by atoms with E-state index < -0.39 is 5.60 Å². The van der Waals surface area contributed by atoms with Crippen LogP contribution in [-0.2, 0) is 17.7 Å². The highest BCUT2D eigenvalue weighted by Crippen LogP contribution is 2.33.